The number of thiophene rings is 1. The Labute approximate surface area is 312 Å². The van der Waals surface area contributed by atoms with Crippen LogP contribution in [0.4, 0.5) is 0 Å². The second kappa shape index (κ2) is 13.1. The molecule has 0 radical (unpaired) electrons. The largest absolute Gasteiger partial charge is 0.228 e. The van der Waals surface area contributed by atoms with Gasteiger partial charge in [-0.3, -0.25) is 0 Å². The van der Waals surface area contributed by atoms with Crippen molar-refractivity contribution in [3.05, 3.63) is 194 Å². The predicted molar refractivity (Wildman–Crippen MR) is 225 cm³/mol. The van der Waals surface area contributed by atoms with Gasteiger partial charge in [-0.1, -0.05) is 146 Å². The first-order valence-corrected chi connectivity index (χ1v) is 18.7. The quantitative estimate of drug-likeness (QED) is 0.173. The number of hydrogen-bond acceptors (Lipinski definition) is 3. The van der Waals surface area contributed by atoms with Crippen LogP contribution in [0.25, 0.3) is 98.2 Å². The third-order valence-corrected chi connectivity index (χ3v) is 11.2. The highest BCUT2D eigenvalue weighted by Gasteiger charge is 2.16. The molecule has 2 heterocycles. The van der Waals surface area contributed by atoms with Crippen LogP contribution in [-0.4, -0.2) is 9.97 Å². The molecule has 2 aromatic heterocycles. The summed E-state index contributed by atoms with van der Waals surface area (Å²) in [5.74, 6) is 0.707. The summed E-state index contributed by atoms with van der Waals surface area (Å²) in [7, 11) is 0. The van der Waals surface area contributed by atoms with Gasteiger partial charge in [0.1, 0.15) is 0 Å². The molecule has 53 heavy (non-hydrogen) atoms. The molecule has 0 amide bonds. The van der Waals surface area contributed by atoms with E-state index in [0.717, 1.165) is 44.8 Å². The molecule has 0 bridgehead atoms. The normalized spacial score (nSPS) is 11.4. The van der Waals surface area contributed by atoms with Crippen molar-refractivity contribution in [2.75, 3.05) is 0 Å². The average molecular weight is 693 g/mol. The maximum Gasteiger partial charge on any atom is 0.160 e. The van der Waals surface area contributed by atoms with Gasteiger partial charge in [0.2, 0.25) is 0 Å². The summed E-state index contributed by atoms with van der Waals surface area (Å²) in [6.07, 6.45) is 0. The summed E-state index contributed by atoms with van der Waals surface area (Å²) in [6.45, 7) is 0. The standard InChI is InChI=1S/C50H32N2S/c1-3-14-34(15-4-1)45-32-46(52-50(51-45)35-16-5-2-6-17-35)42-30-40(38-20-11-19-37(28-38)39-26-25-33-13-7-8-18-36(33)27-39)29-41(31-42)43-22-12-24-48-49(43)44-21-9-10-23-47(44)53-48/h1-32H. The number of nitrogens with zero attached hydrogens (tertiary/aromatic N) is 2. The maximum absolute atomic E-state index is 5.26. The fourth-order valence-corrected chi connectivity index (χ4v) is 8.56. The Hall–Kier alpha value is -6.68. The van der Waals surface area contributed by atoms with Crippen LogP contribution >= 0.6 is 11.3 Å². The maximum atomic E-state index is 5.26. The Kier molecular flexibility index (Phi) is 7.71. The van der Waals surface area contributed by atoms with Crippen LogP contribution in [-0.2, 0) is 0 Å². The van der Waals surface area contributed by atoms with Crippen molar-refractivity contribution >= 4 is 42.3 Å². The van der Waals surface area contributed by atoms with Crippen molar-refractivity contribution in [1.82, 2.24) is 9.97 Å². The lowest BCUT2D eigenvalue weighted by Gasteiger charge is -2.14. The molecule has 0 N–H and O–H groups in total. The van der Waals surface area contributed by atoms with E-state index in [1.807, 2.05) is 35.6 Å². The van der Waals surface area contributed by atoms with Gasteiger partial charge in [0, 0.05) is 36.9 Å². The number of hydrogen-bond donors (Lipinski definition) is 0. The molecule has 0 aliphatic carbocycles. The fraction of sp³-hybridized carbons (Fsp3) is 0. The molecule has 10 aromatic rings. The molecule has 10 rings (SSSR count). The Morgan fingerprint density at radius 2 is 0.887 bits per heavy atom. The summed E-state index contributed by atoms with van der Waals surface area (Å²) in [5.41, 5.74) is 11.9. The number of aromatic nitrogens is 2. The van der Waals surface area contributed by atoms with E-state index in [4.69, 9.17) is 9.97 Å². The van der Waals surface area contributed by atoms with Crippen LogP contribution in [0.3, 0.4) is 0 Å². The summed E-state index contributed by atoms with van der Waals surface area (Å²) in [6, 6.07) is 69.4. The summed E-state index contributed by atoms with van der Waals surface area (Å²) in [5, 5.41) is 5.06. The molecular formula is C50H32N2S. The minimum Gasteiger partial charge on any atom is -0.228 e. The highest BCUT2D eigenvalue weighted by molar-refractivity contribution is 7.25. The van der Waals surface area contributed by atoms with Crippen molar-refractivity contribution in [2.24, 2.45) is 0 Å². The zero-order valence-electron chi connectivity index (χ0n) is 28.8. The van der Waals surface area contributed by atoms with Crippen molar-refractivity contribution in [1.29, 1.82) is 0 Å². The Bertz CT molecular complexity index is 2890. The van der Waals surface area contributed by atoms with Crippen LogP contribution in [0.2, 0.25) is 0 Å². The van der Waals surface area contributed by atoms with Gasteiger partial charge in [-0.15, -0.1) is 11.3 Å². The van der Waals surface area contributed by atoms with Crippen LogP contribution in [0.1, 0.15) is 0 Å². The van der Waals surface area contributed by atoms with E-state index < -0.39 is 0 Å². The van der Waals surface area contributed by atoms with E-state index in [9.17, 15) is 0 Å². The number of rotatable bonds is 6. The summed E-state index contributed by atoms with van der Waals surface area (Å²) in [4.78, 5) is 10.3. The SMILES string of the molecule is c1ccc(-c2cc(-c3cc(-c4cccc(-c5ccc6ccccc6c5)c4)cc(-c4cccc5sc6ccccc6c45)c3)nc(-c3ccccc3)n2)cc1. The first-order valence-electron chi connectivity index (χ1n) is 17.9. The minimum atomic E-state index is 0.707. The molecule has 0 saturated heterocycles. The Balaban J connectivity index is 1.21. The van der Waals surface area contributed by atoms with Gasteiger partial charge in [-0.25, -0.2) is 9.97 Å². The molecule has 0 atom stereocenters. The van der Waals surface area contributed by atoms with Crippen LogP contribution in [0, 0.1) is 0 Å². The highest BCUT2D eigenvalue weighted by Crippen LogP contribution is 2.42. The number of benzene rings is 8. The van der Waals surface area contributed by atoms with Gasteiger partial charge in [-0.2, -0.15) is 0 Å². The molecule has 0 saturated carbocycles. The highest BCUT2D eigenvalue weighted by atomic mass is 32.1. The monoisotopic (exact) mass is 692 g/mol. The van der Waals surface area contributed by atoms with E-state index in [1.54, 1.807) is 0 Å². The molecule has 0 unspecified atom stereocenters. The first-order chi connectivity index (χ1) is 26.2. The zero-order chi connectivity index (χ0) is 35.1. The summed E-state index contributed by atoms with van der Waals surface area (Å²) < 4.78 is 2.58. The topological polar surface area (TPSA) is 25.8 Å². The van der Waals surface area contributed by atoms with Gasteiger partial charge in [0.05, 0.1) is 11.4 Å². The van der Waals surface area contributed by atoms with Gasteiger partial charge < -0.3 is 0 Å². The van der Waals surface area contributed by atoms with Crippen molar-refractivity contribution in [3.8, 4) is 67.3 Å². The van der Waals surface area contributed by atoms with E-state index in [1.165, 1.54) is 47.6 Å². The molecule has 0 aliphatic rings. The average Bonchev–Trinajstić information content (AvgIpc) is 3.63. The third kappa shape index (κ3) is 5.87. The second-order valence-corrected chi connectivity index (χ2v) is 14.5. The Morgan fingerprint density at radius 3 is 1.72 bits per heavy atom. The lowest BCUT2D eigenvalue weighted by atomic mass is 9.91. The molecule has 2 nitrogen and oxygen atoms in total. The second-order valence-electron chi connectivity index (χ2n) is 13.4. The van der Waals surface area contributed by atoms with Crippen LogP contribution < -0.4 is 0 Å². The van der Waals surface area contributed by atoms with E-state index in [2.05, 4.69) is 170 Å². The van der Waals surface area contributed by atoms with Gasteiger partial charge >= 0.3 is 0 Å². The lowest BCUT2D eigenvalue weighted by molar-refractivity contribution is 1.18. The first kappa shape index (κ1) is 31.1. The number of fused-ring (bicyclic) bond motifs is 4. The molecule has 0 aliphatic heterocycles. The van der Waals surface area contributed by atoms with Crippen LogP contribution in [0.15, 0.2) is 194 Å². The molecule has 0 spiro atoms. The minimum absolute atomic E-state index is 0.707. The Morgan fingerprint density at radius 1 is 0.321 bits per heavy atom. The van der Waals surface area contributed by atoms with Crippen molar-refractivity contribution in [3.63, 3.8) is 0 Å². The van der Waals surface area contributed by atoms with E-state index >= 15 is 0 Å². The van der Waals surface area contributed by atoms with Gasteiger partial charge in [0.15, 0.2) is 5.82 Å². The smallest absolute Gasteiger partial charge is 0.160 e. The third-order valence-electron chi connectivity index (χ3n) is 10.0. The zero-order valence-corrected chi connectivity index (χ0v) is 29.6. The van der Waals surface area contributed by atoms with Gasteiger partial charge in [-0.05, 0) is 92.7 Å². The van der Waals surface area contributed by atoms with E-state index in [-0.39, 0.29) is 0 Å². The fourth-order valence-electron chi connectivity index (χ4n) is 7.43. The molecule has 0 fully saturated rings. The molecule has 3 heteroatoms. The molecular weight excluding hydrogens is 661 g/mol. The predicted octanol–water partition coefficient (Wildman–Crippen LogP) is 14.0. The molecule has 248 valence electrons. The molecule has 8 aromatic carbocycles. The van der Waals surface area contributed by atoms with Crippen molar-refractivity contribution in [2.45, 2.75) is 0 Å². The van der Waals surface area contributed by atoms with Crippen molar-refractivity contribution < 1.29 is 0 Å². The summed E-state index contributed by atoms with van der Waals surface area (Å²) >= 11 is 1.85. The van der Waals surface area contributed by atoms with Crippen LogP contribution in [0.5, 0.6) is 0 Å². The lowest BCUT2D eigenvalue weighted by Crippen LogP contribution is -1.96. The van der Waals surface area contributed by atoms with Gasteiger partial charge in [0.25, 0.3) is 0 Å². The van der Waals surface area contributed by atoms with E-state index in [0.29, 0.717) is 5.82 Å².